The van der Waals surface area contributed by atoms with Crippen molar-refractivity contribution in [2.75, 3.05) is 5.32 Å². The van der Waals surface area contributed by atoms with Gasteiger partial charge in [0.25, 0.3) is 11.6 Å². The van der Waals surface area contributed by atoms with Gasteiger partial charge >= 0.3 is 11.9 Å². The lowest BCUT2D eigenvalue weighted by Crippen LogP contribution is -2.41. The van der Waals surface area contributed by atoms with E-state index in [1.54, 1.807) is 18.2 Å². The van der Waals surface area contributed by atoms with E-state index in [9.17, 15) is 29.3 Å². The molecular formula is C19H20N4O8. The fourth-order valence-electron chi connectivity index (χ4n) is 2.78. The van der Waals surface area contributed by atoms with E-state index in [4.69, 9.17) is 10.2 Å². The van der Waals surface area contributed by atoms with E-state index >= 15 is 0 Å². The van der Waals surface area contributed by atoms with Crippen LogP contribution >= 0.6 is 0 Å². The van der Waals surface area contributed by atoms with Gasteiger partial charge in [0.2, 0.25) is 5.91 Å². The van der Waals surface area contributed by atoms with Crippen LogP contribution in [0, 0.1) is 10.1 Å². The average Bonchev–Trinajstić information content (AvgIpc) is 3.07. The highest BCUT2D eigenvalue weighted by atomic mass is 16.6. The number of hydrogen-bond donors (Lipinski definition) is 4. The number of aliphatic carboxylic acids is 2. The normalized spacial score (nSPS) is 11.4. The highest BCUT2D eigenvalue weighted by molar-refractivity contribution is 6.03. The SMILES string of the molecule is Cn1cc([N+](=O)[O-])cc1C(=O)Nc1cccc(CC(=O)NC(CCC(=O)O)C(=O)O)c1. The van der Waals surface area contributed by atoms with Crippen LogP contribution < -0.4 is 10.6 Å². The number of amides is 2. The quantitative estimate of drug-likeness (QED) is 0.319. The summed E-state index contributed by atoms with van der Waals surface area (Å²) < 4.78 is 1.31. The third-order valence-corrected chi connectivity index (χ3v) is 4.26. The first kappa shape index (κ1) is 23.1. The van der Waals surface area contributed by atoms with Crippen LogP contribution in [0.2, 0.25) is 0 Å². The molecule has 0 aliphatic carbocycles. The smallest absolute Gasteiger partial charge is 0.326 e. The Hall–Kier alpha value is -4.22. The summed E-state index contributed by atoms with van der Waals surface area (Å²) in [5, 5.41) is 33.5. The van der Waals surface area contributed by atoms with Gasteiger partial charge in [-0.3, -0.25) is 24.5 Å². The van der Waals surface area contributed by atoms with Gasteiger partial charge in [0.1, 0.15) is 11.7 Å². The number of aryl methyl sites for hydroxylation is 1. The van der Waals surface area contributed by atoms with Gasteiger partial charge < -0.3 is 25.4 Å². The molecule has 2 rings (SSSR count). The monoisotopic (exact) mass is 432 g/mol. The van der Waals surface area contributed by atoms with E-state index < -0.39 is 41.1 Å². The fraction of sp³-hybridized carbons (Fsp3) is 0.263. The number of carboxylic acid groups (broad SMARTS) is 2. The maximum Gasteiger partial charge on any atom is 0.326 e. The molecule has 2 aromatic rings. The molecule has 0 fully saturated rings. The summed E-state index contributed by atoms with van der Waals surface area (Å²) >= 11 is 0. The van der Waals surface area contributed by atoms with E-state index in [0.29, 0.717) is 11.3 Å². The number of benzene rings is 1. The van der Waals surface area contributed by atoms with Crippen LogP contribution in [0.5, 0.6) is 0 Å². The van der Waals surface area contributed by atoms with Gasteiger partial charge in [-0.1, -0.05) is 12.1 Å². The number of rotatable bonds is 10. The van der Waals surface area contributed by atoms with E-state index in [-0.39, 0.29) is 24.2 Å². The van der Waals surface area contributed by atoms with Gasteiger partial charge in [-0.2, -0.15) is 0 Å². The van der Waals surface area contributed by atoms with Gasteiger partial charge in [0.15, 0.2) is 0 Å². The number of nitro groups is 1. The van der Waals surface area contributed by atoms with Crippen molar-refractivity contribution in [1.29, 1.82) is 0 Å². The molecular weight excluding hydrogens is 412 g/mol. The molecule has 0 spiro atoms. The van der Waals surface area contributed by atoms with Crippen LogP contribution in [-0.4, -0.2) is 49.5 Å². The van der Waals surface area contributed by atoms with Crippen LogP contribution in [-0.2, 0) is 27.9 Å². The standard InChI is InChI=1S/C19H20N4O8/c1-22-10-13(23(30)31)9-15(22)18(27)20-12-4-2-3-11(7-12)8-16(24)21-14(19(28)29)5-6-17(25)26/h2-4,7,9-10,14H,5-6,8H2,1H3,(H,20,27)(H,21,24)(H,25,26)(H,28,29). The molecule has 12 nitrogen and oxygen atoms in total. The van der Waals surface area contributed by atoms with E-state index in [0.717, 1.165) is 6.07 Å². The molecule has 1 unspecified atom stereocenters. The molecule has 4 N–H and O–H groups in total. The lowest BCUT2D eigenvalue weighted by atomic mass is 10.1. The zero-order valence-electron chi connectivity index (χ0n) is 16.4. The van der Waals surface area contributed by atoms with Crippen molar-refractivity contribution < 1.29 is 34.3 Å². The minimum Gasteiger partial charge on any atom is -0.481 e. The lowest BCUT2D eigenvalue weighted by Gasteiger charge is -2.14. The summed E-state index contributed by atoms with van der Waals surface area (Å²) in [6.45, 7) is 0. The first-order chi connectivity index (χ1) is 14.6. The number of aromatic nitrogens is 1. The topological polar surface area (TPSA) is 181 Å². The van der Waals surface area contributed by atoms with Gasteiger partial charge in [-0.05, 0) is 24.1 Å². The number of nitrogens with zero attached hydrogens (tertiary/aromatic N) is 2. The Kier molecular flexibility index (Phi) is 7.44. The Balaban J connectivity index is 2.03. The predicted molar refractivity (Wildman–Crippen MR) is 107 cm³/mol. The maximum absolute atomic E-state index is 12.4. The van der Waals surface area contributed by atoms with Gasteiger partial charge in [-0.25, -0.2) is 4.79 Å². The molecule has 31 heavy (non-hydrogen) atoms. The van der Waals surface area contributed by atoms with Crippen molar-refractivity contribution >= 4 is 35.1 Å². The second-order valence-corrected chi connectivity index (χ2v) is 6.67. The summed E-state index contributed by atoms with van der Waals surface area (Å²) in [5.41, 5.74) is 0.641. The number of hydrogen-bond acceptors (Lipinski definition) is 6. The summed E-state index contributed by atoms with van der Waals surface area (Å²) in [7, 11) is 1.49. The Morgan fingerprint density at radius 3 is 2.48 bits per heavy atom. The third-order valence-electron chi connectivity index (χ3n) is 4.26. The Morgan fingerprint density at radius 1 is 1.19 bits per heavy atom. The minimum absolute atomic E-state index is 0.0672. The van der Waals surface area contributed by atoms with Crippen LogP contribution in [0.25, 0.3) is 0 Å². The molecule has 0 aliphatic heterocycles. The Labute approximate surface area is 175 Å². The Bertz CT molecular complexity index is 1030. The largest absolute Gasteiger partial charge is 0.481 e. The number of carbonyl (C=O) groups excluding carboxylic acids is 2. The highest BCUT2D eigenvalue weighted by Gasteiger charge is 2.21. The summed E-state index contributed by atoms with van der Waals surface area (Å²) in [4.78, 5) is 56.6. The van der Waals surface area contributed by atoms with Crippen molar-refractivity contribution in [2.45, 2.75) is 25.3 Å². The van der Waals surface area contributed by atoms with E-state index in [2.05, 4.69) is 10.6 Å². The first-order valence-electron chi connectivity index (χ1n) is 9.02. The van der Waals surface area contributed by atoms with Crippen LogP contribution in [0.1, 0.15) is 28.9 Å². The number of carboxylic acids is 2. The molecule has 0 aliphatic rings. The second-order valence-electron chi connectivity index (χ2n) is 6.67. The van der Waals surface area contributed by atoms with Gasteiger partial charge in [0.05, 0.1) is 17.5 Å². The average molecular weight is 432 g/mol. The summed E-state index contributed by atoms with van der Waals surface area (Å²) in [5.74, 6) is -3.73. The minimum atomic E-state index is -1.34. The third kappa shape index (κ3) is 6.66. The summed E-state index contributed by atoms with van der Waals surface area (Å²) in [6, 6.07) is 6.03. The van der Waals surface area contributed by atoms with Crippen molar-refractivity contribution in [3.8, 4) is 0 Å². The number of anilines is 1. The van der Waals surface area contributed by atoms with Gasteiger partial charge in [0, 0.05) is 25.2 Å². The zero-order chi connectivity index (χ0) is 23.1. The molecule has 1 aromatic heterocycles. The number of nitrogens with one attached hydrogen (secondary N) is 2. The Morgan fingerprint density at radius 2 is 1.90 bits per heavy atom. The highest BCUT2D eigenvalue weighted by Crippen LogP contribution is 2.18. The molecule has 0 radical (unpaired) electrons. The van der Waals surface area contributed by atoms with Gasteiger partial charge in [-0.15, -0.1) is 0 Å². The van der Waals surface area contributed by atoms with Crippen molar-refractivity contribution in [3.05, 3.63) is 57.9 Å². The predicted octanol–water partition coefficient (Wildman–Crippen LogP) is 1.16. The first-order valence-corrected chi connectivity index (χ1v) is 9.02. The fourth-order valence-corrected chi connectivity index (χ4v) is 2.78. The van der Waals surface area contributed by atoms with Crippen LogP contribution in [0.3, 0.4) is 0 Å². The maximum atomic E-state index is 12.4. The molecule has 12 heteroatoms. The molecule has 0 bridgehead atoms. The molecule has 0 saturated carbocycles. The molecule has 0 saturated heterocycles. The van der Waals surface area contributed by atoms with E-state index in [1.807, 2.05) is 0 Å². The molecule has 164 valence electrons. The van der Waals surface area contributed by atoms with Crippen LogP contribution in [0.4, 0.5) is 11.4 Å². The van der Waals surface area contributed by atoms with Crippen molar-refractivity contribution in [1.82, 2.24) is 9.88 Å². The van der Waals surface area contributed by atoms with Crippen LogP contribution in [0.15, 0.2) is 36.5 Å². The second kappa shape index (κ2) is 10.0. The molecule has 1 heterocycles. The number of carbonyl (C=O) groups is 4. The van der Waals surface area contributed by atoms with Crippen molar-refractivity contribution in [3.63, 3.8) is 0 Å². The van der Waals surface area contributed by atoms with E-state index in [1.165, 1.54) is 23.9 Å². The molecule has 1 aromatic carbocycles. The molecule has 1 atom stereocenters. The zero-order valence-corrected chi connectivity index (χ0v) is 16.4. The van der Waals surface area contributed by atoms with Crippen molar-refractivity contribution in [2.24, 2.45) is 7.05 Å². The lowest BCUT2D eigenvalue weighted by molar-refractivity contribution is -0.384. The molecule has 2 amide bonds. The summed E-state index contributed by atoms with van der Waals surface area (Å²) in [6.07, 6.45) is 0.348.